The van der Waals surface area contributed by atoms with Gasteiger partial charge in [0.1, 0.15) is 23.8 Å². The predicted octanol–water partition coefficient (Wildman–Crippen LogP) is 4.13. The second-order valence-electron chi connectivity index (χ2n) is 5.30. The third-order valence-electron chi connectivity index (χ3n) is 3.46. The van der Waals surface area contributed by atoms with Gasteiger partial charge in [0.25, 0.3) is 0 Å². The van der Waals surface area contributed by atoms with Gasteiger partial charge in [-0.3, -0.25) is 0 Å². The lowest BCUT2D eigenvalue weighted by atomic mass is 10.1. The van der Waals surface area contributed by atoms with E-state index >= 15 is 0 Å². The van der Waals surface area contributed by atoms with Crippen molar-refractivity contribution in [1.29, 1.82) is 0 Å². The molecule has 0 amide bonds. The number of halogens is 1. The lowest BCUT2D eigenvalue weighted by Crippen LogP contribution is -2.01. The molecule has 0 radical (unpaired) electrons. The normalized spacial score (nSPS) is 10.9. The lowest BCUT2D eigenvalue weighted by Gasteiger charge is -2.11. The largest absolute Gasteiger partial charge is 0.488 e. The van der Waals surface area contributed by atoms with Gasteiger partial charge in [0.15, 0.2) is 0 Å². The third-order valence-corrected chi connectivity index (χ3v) is 3.46. The van der Waals surface area contributed by atoms with E-state index < -0.39 is 0 Å². The average Bonchev–Trinajstić information content (AvgIpc) is 2.45. The molecule has 0 bridgehead atoms. The zero-order valence-corrected chi connectivity index (χ0v) is 12.4. The summed E-state index contributed by atoms with van der Waals surface area (Å²) in [5.41, 5.74) is 2.75. The third kappa shape index (κ3) is 2.86. The highest BCUT2D eigenvalue weighted by atomic mass is 19.1. The van der Waals surface area contributed by atoms with E-state index in [0.29, 0.717) is 17.9 Å². The van der Waals surface area contributed by atoms with Crippen LogP contribution in [0.5, 0.6) is 5.75 Å². The van der Waals surface area contributed by atoms with Gasteiger partial charge in [0, 0.05) is 6.07 Å². The Labute approximate surface area is 127 Å². The molecule has 0 aliphatic carbocycles. The minimum atomic E-state index is -0.375. The van der Waals surface area contributed by atoms with E-state index in [-0.39, 0.29) is 11.4 Å². The van der Waals surface area contributed by atoms with Crippen LogP contribution in [0.1, 0.15) is 16.7 Å². The van der Waals surface area contributed by atoms with E-state index in [1.165, 1.54) is 18.2 Å². The van der Waals surface area contributed by atoms with E-state index in [9.17, 15) is 9.18 Å². The van der Waals surface area contributed by atoms with Crippen LogP contribution in [0.3, 0.4) is 0 Å². The first-order valence-corrected chi connectivity index (χ1v) is 6.95. The Morgan fingerprint density at radius 3 is 2.55 bits per heavy atom. The Balaban J connectivity index is 1.99. The molecule has 0 spiro atoms. The van der Waals surface area contributed by atoms with Crippen LogP contribution < -0.4 is 10.4 Å². The minimum absolute atomic E-state index is 0.276. The van der Waals surface area contributed by atoms with Crippen molar-refractivity contribution >= 4 is 11.0 Å². The molecular formula is C18H15FO3. The van der Waals surface area contributed by atoms with Crippen molar-refractivity contribution in [3.05, 3.63) is 75.4 Å². The molecular weight excluding hydrogens is 283 g/mol. The molecule has 22 heavy (non-hydrogen) atoms. The van der Waals surface area contributed by atoms with E-state index in [2.05, 4.69) is 0 Å². The summed E-state index contributed by atoms with van der Waals surface area (Å²) in [6, 6.07) is 11.3. The molecule has 0 N–H and O–H groups in total. The summed E-state index contributed by atoms with van der Waals surface area (Å²) < 4.78 is 24.0. The summed E-state index contributed by atoms with van der Waals surface area (Å²) in [5.74, 6) is 0.378. The maximum Gasteiger partial charge on any atom is 0.336 e. The molecule has 0 atom stereocenters. The second-order valence-corrected chi connectivity index (χ2v) is 5.30. The van der Waals surface area contributed by atoms with Crippen LogP contribution in [0.15, 0.2) is 51.7 Å². The van der Waals surface area contributed by atoms with Crippen molar-refractivity contribution in [2.45, 2.75) is 20.5 Å². The van der Waals surface area contributed by atoms with E-state index in [4.69, 9.17) is 9.15 Å². The molecule has 0 fully saturated rings. The first kappa shape index (κ1) is 14.3. The van der Waals surface area contributed by atoms with E-state index in [0.717, 1.165) is 22.1 Å². The number of ether oxygens (including phenoxy) is 1. The maximum atomic E-state index is 12.9. The monoisotopic (exact) mass is 298 g/mol. The van der Waals surface area contributed by atoms with E-state index in [1.54, 1.807) is 12.1 Å². The SMILES string of the molecule is Cc1cc(OCc2ccc(F)cc2)c2c(C)cc(=O)oc2c1. The van der Waals surface area contributed by atoms with Gasteiger partial charge in [-0.2, -0.15) is 0 Å². The molecule has 4 heteroatoms. The molecule has 3 nitrogen and oxygen atoms in total. The van der Waals surface area contributed by atoms with Gasteiger partial charge >= 0.3 is 5.63 Å². The predicted molar refractivity (Wildman–Crippen MR) is 82.7 cm³/mol. The Morgan fingerprint density at radius 1 is 1.09 bits per heavy atom. The molecule has 0 saturated heterocycles. The number of aryl methyl sites for hydroxylation is 2. The van der Waals surface area contributed by atoms with Gasteiger partial charge in [0.05, 0.1) is 5.39 Å². The Morgan fingerprint density at radius 2 is 1.82 bits per heavy atom. The lowest BCUT2D eigenvalue weighted by molar-refractivity contribution is 0.309. The number of rotatable bonds is 3. The van der Waals surface area contributed by atoms with Crippen LogP contribution in [0.2, 0.25) is 0 Å². The van der Waals surface area contributed by atoms with Crippen LogP contribution in [-0.2, 0) is 6.61 Å². The standard InChI is InChI=1S/C18H15FO3/c1-11-7-15(21-10-13-3-5-14(19)6-4-13)18-12(2)9-17(20)22-16(18)8-11/h3-9H,10H2,1-2H3. The van der Waals surface area contributed by atoms with Gasteiger partial charge in [-0.15, -0.1) is 0 Å². The molecule has 3 aromatic rings. The molecule has 0 aliphatic rings. The van der Waals surface area contributed by atoms with Crippen LogP contribution in [0.25, 0.3) is 11.0 Å². The van der Waals surface area contributed by atoms with Gasteiger partial charge in [-0.1, -0.05) is 12.1 Å². The first-order chi connectivity index (χ1) is 10.5. The number of hydrogen-bond donors (Lipinski definition) is 0. The van der Waals surface area contributed by atoms with Crippen molar-refractivity contribution in [2.24, 2.45) is 0 Å². The number of fused-ring (bicyclic) bond motifs is 1. The molecule has 1 heterocycles. The highest BCUT2D eigenvalue weighted by molar-refractivity contribution is 5.87. The quantitative estimate of drug-likeness (QED) is 0.683. The van der Waals surface area contributed by atoms with Gasteiger partial charge in [0.2, 0.25) is 0 Å². The summed E-state index contributed by atoms with van der Waals surface area (Å²) in [7, 11) is 0. The summed E-state index contributed by atoms with van der Waals surface area (Å²) >= 11 is 0. The first-order valence-electron chi connectivity index (χ1n) is 6.95. The minimum Gasteiger partial charge on any atom is -0.488 e. The molecule has 3 rings (SSSR count). The van der Waals surface area contributed by atoms with Crippen molar-refractivity contribution in [2.75, 3.05) is 0 Å². The van der Waals surface area contributed by atoms with Crippen LogP contribution in [-0.4, -0.2) is 0 Å². The Bertz CT molecular complexity index is 879. The fourth-order valence-corrected chi connectivity index (χ4v) is 2.43. The Kier molecular flexibility index (Phi) is 3.67. The molecule has 0 saturated carbocycles. The van der Waals surface area contributed by atoms with Gasteiger partial charge in [-0.25, -0.2) is 9.18 Å². The van der Waals surface area contributed by atoms with Crippen LogP contribution in [0, 0.1) is 19.7 Å². The van der Waals surface area contributed by atoms with Crippen molar-refractivity contribution in [1.82, 2.24) is 0 Å². The fraction of sp³-hybridized carbons (Fsp3) is 0.167. The zero-order valence-electron chi connectivity index (χ0n) is 12.4. The van der Waals surface area contributed by atoms with Crippen molar-refractivity contribution in [3.63, 3.8) is 0 Å². The zero-order chi connectivity index (χ0) is 15.7. The fourth-order valence-electron chi connectivity index (χ4n) is 2.43. The second kappa shape index (κ2) is 5.64. The van der Waals surface area contributed by atoms with Crippen molar-refractivity contribution in [3.8, 4) is 5.75 Å². The van der Waals surface area contributed by atoms with Crippen LogP contribution >= 0.6 is 0 Å². The number of benzene rings is 2. The smallest absolute Gasteiger partial charge is 0.336 e. The Hall–Kier alpha value is -2.62. The molecule has 0 unspecified atom stereocenters. The molecule has 112 valence electrons. The maximum absolute atomic E-state index is 12.9. The summed E-state index contributed by atoms with van der Waals surface area (Å²) in [4.78, 5) is 11.5. The molecule has 1 aromatic heterocycles. The van der Waals surface area contributed by atoms with Gasteiger partial charge in [-0.05, 0) is 54.8 Å². The highest BCUT2D eigenvalue weighted by Gasteiger charge is 2.10. The molecule has 0 aliphatic heterocycles. The topological polar surface area (TPSA) is 39.4 Å². The summed E-state index contributed by atoms with van der Waals surface area (Å²) in [5, 5.41) is 0.785. The highest BCUT2D eigenvalue weighted by Crippen LogP contribution is 2.30. The van der Waals surface area contributed by atoms with Crippen molar-refractivity contribution < 1.29 is 13.5 Å². The average molecular weight is 298 g/mol. The molecule has 2 aromatic carbocycles. The summed E-state index contributed by atoms with van der Waals surface area (Å²) in [6.45, 7) is 4.07. The van der Waals surface area contributed by atoms with Gasteiger partial charge < -0.3 is 9.15 Å². The van der Waals surface area contributed by atoms with E-state index in [1.807, 2.05) is 26.0 Å². The summed E-state index contributed by atoms with van der Waals surface area (Å²) in [6.07, 6.45) is 0. The number of hydrogen-bond acceptors (Lipinski definition) is 3. The van der Waals surface area contributed by atoms with Crippen LogP contribution in [0.4, 0.5) is 4.39 Å².